The molecule has 0 aliphatic carbocycles. The highest BCUT2D eigenvalue weighted by Gasteiger charge is 2.25. The third-order valence-corrected chi connectivity index (χ3v) is 4.67. The van der Waals surface area contributed by atoms with Gasteiger partial charge >= 0.3 is 5.97 Å². The Bertz CT molecular complexity index is 983. The number of ether oxygens (including phenoxy) is 5. The van der Waals surface area contributed by atoms with Crippen molar-refractivity contribution >= 4 is 33.9 Å². The Morgan fingerprint density at radius 3 is 2.14 bits per heavy atom. The summed E-state index contributed by atoms with van der Waals surface area (Å²) in [4.78, 5) is 16.6. The molecule has 0 amide bonds. The lowest BCUT2D eigenvalue weighted by Crippen LogP contribution is -2.05. The molecular formula is C20H18BrNO6. The number of carbonyl (C=O) groups is 1. The van der Waals surface area contributed by atoms with E-state index in [1.54, 1.807) is 43.5 Å². The van der Waals surface area contributed by atoms with Crippen molar-refractivity contribution in [3.05, 3.63) is 51.6 Å². The van der Waals surface area contributed by atoms with Gasteiger partial charge in [-0.15, -0.1) is 0 Å². The molecule has 0 saturated carbocycles. The second-order valence-electron chi connectivity index (χ2n) is 5.63. The van der Waals surface area contributed by atoms with E-state index in [0.29, 0.717) is 34.1 Å². The van der Waals surface area contributed by atoms with Crippen LogP contribution >= 0.6 is 15.9 Å². The molecule has 8 heteroatoms. The van der Waals surface area contributed by atoms with E-state index in [1.807, 2.05) is 0 Å². The number of rotatable bonds is 6. The molecule has 0 unspecified atom stereocenters. The van der Waals surface area contributed by atoms with Crippen molar-refractivity contribution in [3.63, 3.8) is 0 Å². The van der Waals surface area contributed by atoms with Gasteiger partial charge in [-0.3, -0.25) is 0 Å². The average molecular weight is 448 g/mol. The van der Waals surface area contributed by atoms with E-state index in [9.17, 15) is 4.79 Å². The Morgan fingerprint density at radius 2 is 1.54 bits per heavy atom. The third kappa shape index (κ3) is 3.82. The molecule has 3 rings (SSSR count). The summed E-state index contributed by atoms with van der Waals surface area (Å²) < 4.78 is 27.2. The number of carbonyl (C=O) groups excluding carboxylic acids is 1. The van der Waals surface area contributed by atoms with Crippen LogP contribution in [-0.4, -0.2) is 40.3 Å². The zero-order chi connectivity index (χ0) is 20.3. The summed E-state index contributed by atoms with van der Waals surface area (Å²) in [5.74, 6) is 1.85. The van der Waals surface area contributed by atoms with Gasteiger partial charge in [-0.25, -0.2) is 9.79 Å². The zero-order valence-electron chi connectivity index (χ0n) is 15.7. The number of cyclic esters (lactones) is 1. The monoisotopic (exact) mass is 447 g/mol. The van der Waals surface area contributed by atoms with Crippen molar-refractivity contribution < 1.29 is 28.5 Å². The van der Waals surface area contributed by atoms with Gasteiger partial charge in [-0.2, -0.15) is 0 Å². The summed E-state index contributed by atoms with van der Waals surface area (Å²) in [6.07, 6.45) is 1.58. The summed E-state index contributed by atoms with van der Waals surface area (Å²) >= 11 is 3.41. The first-order valence-electron chi connectivity index (χ1n) is 8.17. The first-order chi connectivity index (χ1) is 13.5. The molecule has 0 fully saturated rings. The molecule has 0 radical (unpaired) electrons. The van der Waals surface area contributed by atoms with Gasteiger partial charge in [0.05, 0.1) is 32.9 Å². The van der Waals surface area contributed by atoms with Crippen molar-refractivity contribution in [2.45, 2.75) is 0 Å². The lowest BCUT2D eigenvalue weighted by Gasteiger charge is -2.12. The SMILES string of the molecule is COc1ccc(C2=N/C(=C/c3cc(OC)c(OC)cc3OC)C(=O)O2)cc1Br. The highest BCUT2D eigenvalue weighted by molar-refractivity contribution is 9.10. The Morgan fingerprint density at radius 1 is 0.893 bits per heavy atom. The topological polar surface area (TPSA) is 75.6 Å². The standard InChI is InChI=1S/C20H18BrNO6/c1-24-15-6-5-11(7-13(15)21)19-22-14(20(23)28-19)8-12-9-17(26-3)18(27-4)10-16(12)25-2/h5-10H,1-4H3/b14-8+. The second-order valence-corrected chi connectivity index (χ2v) is 6.49. The molecule has 146 valence electrons. The molecule has 28 heavy (non-hydrogen) atoms. The fourth-order valence-electron chi connectivity index (χ4n) is 2.64. The van der Waals surface area contributed by atoms with Crippen LogP contribution in [0.3, 0.4) is 0 Å². The normalized spacial score (nSPS) is 14.5. The number of hydrogen-bond acceptors (Lipinski definition) is 7. The van der Waals surface area contributed by atoms with E-state index in [-0.39, 0.29) is 11.6 Å². The van der Waals surface area contributed by atoms with Crippen LogP contribution in [0.15, 0.2) is 45.5 Å². The van der Waals surface area contributed by atoms with Crippen molar-refractivity contribution in [2.24, 2.45) is 4.99 Å². The van der Waals surface area contributed by atoms with Crippen LogP contribution in [0.2, 0.25) is 0 Å². The predicted octanol–water partition coefficient (Wildman–Crippen LogP) is 3.83. The fourth-order valence-corrected chi connectivity index (χ4v) is 3.19. The summed E-state index contributed by atoms with van der Waals surface area (Å²) in [5, 5.41) is 0. The lowest BCUT2D eigenvalue weighted by molar-refractivity contribution is -0.129. The third-order valence-electron chi connectivity index (χ3n) is 4.05. The van der Waals surface area contributed by atoms with Gasteiger partial charge in [0.2, 0.25) is 5.90 Å². The Balaban J connectivity index is 2.01. The van der Waals surface area contributed by atoms with Crippen molar-refractivity contribution in [1.29, 1.82) is 0 Å². The molecular weight excluding hydrogens is 430 g/mol. The van der Waals surface area contributed by atoms with Gasteiger partial charge < -0.3 is 23.7 Å². The Kier molecular flexibility index (Phi) is 5.89. The van der Waals surface area contributed by atoms with Crippen molar-refractivity contribution in [1.82, 2.24) is 0 Å². The van der Waals surface area contributed by atoms with Gasteiger partial charge in [0.25, 0.3) is 0 Å². The van der Waals surface area contributed by atoms with Gasteiger partial charge in [0, 0.05) is 17.2 Å². The van der Waals surface area contributed by atoms with E-state index < -0.39 is 5.97 Å². The van der Waals surface area contributed by atoms with Gasteiger partial charge in [-0.1, -0.05) is 0 Å². The molecule has 0 N–H and O–H groups in total. The highest BCUT2D eigenvalue weighted by Crippen LogP contribution is 2.36. The van der Waals surface area contributed by atoms with Crippen molar-refractivity contribution in [2.75, 3.05) is 28.4 Å². The Hall–Kier alpha value is -3.00. The minimum Gasteiger partial charge on any atom is -0.496 e. The van der Waals surface area contributed by atoms with Gasteiger partial charge in [0.15, 0.2) is 17.2 Å². The summed E-state index contributed by atoms with van der Waals surface area (Å²) in [7, 11) is 6.17. The van der Waals surface area contributed by atoms with E-state index in [4.69, 9.17) is 23.7 Å². The van der Waals surface area contributed by atoms with Crippen molar-refractivity contribution in [3.8, 4) is 23.0 Å². The van der Waals surface area contributed by atoms with Crippen LogP contribution in [0.4, 0.5) is 0 Å². The molecule has 2 aromatic carbocycles. The maximum absolute atomic E-state index is 12.3. The number of aliphatic imine (C=N–C) groups is 1. The maximum Gasteiger partial charge on any atom is 0.363 e. The quantitative estimate of drug-likeness (QED) is 0.494. The molecule has 0 bridgehead atoms. The average Bonchev–Trinajstić information content (AvgIpc) is 3.07. The van der Waals surface area contributed by atoms with Crippen LogP contribution in [0.5, 0.6) is 23.0 Å². The van der Waals surface area contributed by atoms with E-state index in [2.05, 4.69) is 20.9 Å². The molecule has 1 heterocycles. The Labute approximate surface area is 170 Å². The summed E-state index contributed by atoms with van der Waals surface area (Å²) in [6, 6.07) is 8.67. The second kappa shape index (κ2) is 8.35. The van der Waals surface area contributed by atoms with Gasteiger partial charge in [-0.05, 0) is 46.3 Å². The molecule has 2 aromatic rings. The number of nitrogens with zero attached hydrogens (tertiary/aromatic N) is 1. The molecule has 7 nitrogen and oxygen atoms in total. The predicted molar refractivity (Wildman–Crippen MR) is 107 cm³/mol. The summed E-state index contributed by atoms with van der Waals surface area (Å²) in [6.45, 7) is 0. The largest absolute Gasteiger partial charge is 0.496 e. The number of methoxy groups -OCH3 is 4. The molecule has 0 spiro atoms. The smallest absolute Gasteiger partial charge is 0.363 e. The van der Waals surface area contributed by atoms with Crippen LogP contribution < -0.4 is 18.9 Å². The van der Waals surface area contributed by atoms with E-state index in [1.165, 1.54) is 21.3 Å². The van der Waals surface area contributed by atoms with E-state index in [0.717, 1.165) is 4.47 Å². The molecule has 0 saturated heterocycles. The van der Waals surface area contributed by atoms with Gasteiger partial charge in [0.1, 0.15) is 11.5 Å². The number of benzene rings is 2. The fraction of sp³-hybridized carbons (Fsp3) is 0.200. The van der Waals surface area contributed by atoms with Crippen LogP contribution in [0, 0.1) is 0 Å². The molecule has 0 aromatic heterocycles. The summed E-state index contributed by atoms with van der Waals surface area (Å²) in [5.41, 5.74) is 1.39. The molecule has 0 atom stereocenters. The lowest BCUT2D eigenvalue weighted by atomic mass is 10.1. The number of esters is 1. The number of hydrogen-bond donors (Lipinski definition) is 0. The minimum atomic E-state index is -0.557. The highest BCUT2D eigenvalue weighted by atomic mass is 79.9. The van der Waals surface area contributed by atoms with E-state index >= 15 is 0 Å². The van der Waals surface area contributed by atoms with Crippen LogP contribution in [0.25, 0.3) is 6.08 Å². The van der Waals surface area contributed by atoms with Crippen LogP contribution in [-0.2, 0) is 9.53 Å². The molecule has 1 aliphatic rings. The molecule has 1 aliphatic heterocycles. The maximum atomic E-state index is 12.3. The number of halogens is 1. The zero-order valence-corrected chi connectivity index (χ0v) is 17.3. The van der Waals surface area contributed by atoms with Crippen LogP contribution in [0.1, 0.15) is 11.1 Å². The first-order valence-corrected chi connectivity index (χ1v) is 8.96. The first kappa shape index (κ1) is 19.8. The minimum absolute atomic E-state index is 0.146.